The van der Waals surface area contributed by atoms with Crippen LogP contribution in [0.15, 0.2) is 46.1 Å². The molecule has 1 unspecified atom stereocenters. The summed E-state index contributed by atoms with van der Waals surface area (Å²) in [7, 11) is 0. The van der Waals surface area contributed by atoms with Crippen LogP contribution >= 0.6 is 11.6 Å². The van der Waals surface area contributed by atoms with E-state index >= 15 is 0 Å². The quantitative estimate of drug-likeness (QED) is 0.517. The molecule has 0 aliphatic heterocycles. The van der Waals surface area contributed by atoms with Gasteiger partial charge in [-0.2, -0.15) is 0 Å². The van der Waals surface area contributed by atoms with Gasteiger partial charge >= 0.3 is 0 Å². The number of rotatable bonds is 9. The molecule has 0 radical (unpaired) electrons. The van der Waals surface area contributed by atoms with Gasteiger partial charge in [0.25, 0.3) is 0 Å². The summed E-state index contributed by atoms with van der Waals surface area (Å²) >= 11 is 6.46. The fourth-order valence-corrected chi connectivity index (χ4v) is 3.12. The van der Waals surface area contributed by atoms with E-state index in [9.17, 15) is 0 Å². The van der Waals surface area contributed by atoms with Crippen molar-refractivity contribution in [3.8, 4) is 0 Å². The monoisotopic (exact) mass is 377 g/mol. The summed E-state index contributed by atoms with van der Waals surface area (Å²) in [4.78, 5) is 6.96. The second kappa shape index (κ2) is 10.8. The molecule has 2 rings (SSSR count). The van der Waals surface area contributed by atoms with Crippen LogP contribution in [0.1, 0.15) is 38.1 Å². The molecule has 7 heteroatoms. The van der Waals surface area contributed by atoms with Crippen LogP contribution in [0.4, 0.5) is 0 Å². The topological polar surface area (TPSA) is 65.7 Å². The Kier molecular flexibility index (Phi) is 8.44. The first-order chi connectivity index (χ1) is 12.7. The minimum atomic E-state index is 0.162. The Hall–Kier alpha value is -2.05. The zero-order valence-electron chi connectivity index (χ0n) is 15.7. The third-order valence-electron chi connectivity index (χ3n) is 4.21. The lowest BCUT2D eigenvalue weighted by Gasteiger charge is -2.31. The molecule has 1 heterocycles. The zero-order valence-corrected chi connectivity index (χ0v) is 16.5. The molecule has 0 aliphatic carbocycles. The number of hydrogen-bond acceptors (Lipinski definition) is 4. The molecule has 0 spiro atoms. The van der Waals surface area contributed by atoms with Crippen LogP contribution in [0.25, 0.3) is 0 Å². The predicted molar refractivity (Wildman–Crippen MR) is 106 cm³/mol. The second-order valence-corrected chi connectivity index (χ2v) is 6.23. The lowest BCUT2D eigenvalue weighted by atomic mass is 10.0. The van der Waals surface area contributed by atoms with Crippen LogP contribution in [0.2, 0.25) is 5.02 Å². The fraction of sp³-hybridized carbons (Fsp3) is 0.474. The molecule has 142 valence electrons. The normalized spacial score (nSPS) is 13.0. The Bertz CT molecular complexity index is 670. The standard InChI is InChI=1S/C19H28ClN5O/c1-4-21-19(22-13-15-11-12-26-24-15)23-14-18(25(5-2)6-3)16-9-7-8-10-17(16)20/h7-12,18H,4-6,13-14H2,1-3H3,(H2,21,22,23). The van der Waals surface area contributed by atoms with E-state index in [0.29, 0.717) is 13.1 Å². The summed E-state index contributed by atoms with van der Waals surface area (Å²) in [5.41, 5.74) is 1.92. The summed E-state index contributed by atoms with van der Waals surface area (Å²) in [5.74, 6) is 0.750. The number of nitrogens with one attached hydrogen (secondary N) is 2. The van der Waals surface area contributed by atoms with Crippen molar-refractivity contribution in [2.45, 2.75) is 33.4 Å². The van der Waals surface area contributed by atoms with Crippen LogP contribution in [-0.2, 0) is 6.54 Å². The molecule has 0 aliphatic rings. The number of aromatic nitrogens is 1. The largest absolute Gasteiger partial charge is 0.364 e. The van der Waals surface area contributed by atoms with E-state index < -0.39 is 0 Å². The van der Waals surface area contributed by atoms with E-state index in [4.69, 9.17) is 16.1 Å². The molecule has 2 N–H and O–H groups in total. The minimum Gasteiger partial charge on any atom is -0.364 e. The first-order valence-corrected chi connectivity index (χ1v) is 9.47. The van der Waals surface area contributed by atoms with Crippen molar-refractivity contribution in [2.75, 3.05) is 26.2 Å². The summed E-state index contributed by atoms with van der Waals surface area (Å²) in [5, 5.41) is 11.4. The van der Waals surface area contributed by atoms with Crippen molar-refractivity contribution in [1.82, 2.24) is 20.7 Å². The molecule has 0 saturated carbocycles. The number of aliphatic imine (C=N–C) groups is 1. The van der Waals surface area contributed by atoms with Crippen molar-refractivity contribution < 1.29 is 4.52 Å². The van der Waals surface area contributed by atoms with Crippen LogP contribution < -0.4 is 10.6 Å². The highest BCUT2D eigenvalue weighted by molar-refractivity contribution is 6.31. The van der Waals surface area contributed by atoms with Gasteiger partial charge in [0.15, 0.2) is 5.96 Å². The smallest absolute Gasteiger partial charge is 0.191 e. The number of hydrogen-bond donors (Lipinski definition) is 2. The number of benzene rings is 1. The van der Waals surface area contributed by atoms with Gasteiger partial charge in [0, 0.05) is 24.2 Å². The van der Waals surface area contributed by atoms with Gasteiger partial charge < -0.3 is 15.2 Å². The first kappa shape index (κ1) is 20.3. The van der Waals surface area contributed by atoms with Gasteiger partial charge in [0.05, 0.1) is 12.6 Å². The van der Waals surface area contributed by atoms with Crippen LogP contribution in [0.3, 0.4) is 0 Å². The van der Waals surface area contributed by atoms with Gasteiger partial charge in [-0.05, 0) is 31.6 Å². The summed E-state index contributed by atoms with van der Waals surface area (Å²) < 4.78 is 4.86. The average molecular weight is 378 g/mol. The molecule has 0 amide bonds. The summed E-state index contributed by atoms with van der Waals surface area (Å²) in [6, 6.07) is 10.00. The van der Waals surface area contributed by atoms with E-state index in [1.165, 1.54) is 0 Å². The van der Waals surface area contributed by atoms with Crippen molar-refractivity contribution in [3.05, 3.63) is 52.9 Å². The Balaban J connectivity index is 2.12. The highest BCUT2D eigenvalue weighted by Gasteiger charge is 2.20. The van der Waals surface area contributed by atoms with Gasteiger partial charge in [0.2, 0.25) is 0 Å². The minimum absolute atomic E-state index is 0.162. The molecule has 2 aromatic rings. The maximum atomic E-state index is 6.46. The van der Waals surface area contributed by atoms with E-state index in [1.54, 1.807) is 6.26 Å². The third-order valence-corrected chi connectivity index (χ3v) is 4.56. The SMILES string of the molecule is CCNC(=NCc1ccon1)NCC(c1ccccc1Cl)N(CC)CC. The van der Waals surface area contributed by atoms with Crippen molar-refractivity contribution in [2.24, 2.45) is 4.99 Å². The Morgan fingerprint density at radius 1 is 1.19 bits per heavy atom. The Labute approximate surface area is 160 Å². The van der Waals surface area contributed by atoms with Gasteiger partial charge in [0.1, 0.15) is 12.0 Å². The average Bonchev–Trinajstić information content (AvgIpc) is 3.17. The van der Waals surface area contributed by atoms with Gasteiger partial charge in [-0.25, -0.2) is 4.99 Å². The van der Waals surface area contributed by atoms with Crippen molar-refractivity contribution in [3.63, 3.8) is 0 Å². The lowest BCUT2D eigenvalue weighted by molar-refractivity contribution is 0.219. The number of nitrogens with zero attached hydrogens (tertiary/aromatic N) is 3. The maximum absolute atomic E-state index is 6.46. The van der Waals surface area contributed by atoms with Gasteiger partial charge in [-0.15, -0.1) is 0 Å². The molecule has 26 heavy (non-hydrogen) atoms. The molecular weight excluding hydrogens is 350 g/mol. The number of halogens is 1. The highest BCUT2D eigenvalue weighted by Crippen LogP contribution is 2.26. The molecule has 1 aromatic carbocycles. The molecule has 1 atom stereocenters. The predicted octanol–water partition coefficient (Wildman–Crippen LogP) is 3.47. The first-order valence-electron chi connectivity index (χ1n) is 9.09. The van der Waals surface area contributed by atoms with Gasteiger partial charge in [-0.3, -0.25) is 4.90 Å². The number of likely N-dealkylation sites (N-methyl/N-ethyl adjacent to an activating group) is 1. The summed E-state index contributed by atoms with van der Waals surface area (Å²) in [6.07, 6.45) is 1.55. The molecule has 6 nitrogen and oxygen atoms in total. The lowest BCUT2D eigenvalue weighted by Crippen LogP contribution is -2.43. The number of guanidine groups is 1. The van der Waals surface area contributed by atoms with Crippen LogP contribution in [-0.4, -0.2) is 42.2 Å². The van der Waals surface area contributed by atoms with E-state index in [1.807, 2.05) is 31.2 Å². The Morgan fingerprint density at radius 3 is 2.58 bits per heavy atom. The zero-order chi connectivity index (χ0) is 18.8. The second-order valence-electron chi connectivity index (χ2n) is 5.83. The molecule has 0 saturated heterocycles. The van der Waals surface area contributed by atoms with E-state index in [-0.39, 0.29) is 6.04 Å². The highest BCUT2D eigenvalue weighted by atomic mass is 35.5. The molecule has 0 bridgehead atoms. The molecule has 0 fully saturated rings. The van der Waals surface area contributed by atoms with E-state index in [0.717, 1.165) is 41.9 Å². The van der Waals surface area contributed by atoms with Crippen LogP contribution in [0, 0.1) is 0 Å². The van der Waals surface area contributed by atoms with Crippen LogP contribution in [0.5, 0.6) is 0 Å². The Morgan fingerprint density at radius 2 is 1.96 bits per heavy atom. The van der Waals surface area contributed by atoms with E-state index in [2.05, 4.69) is 45.6 Å². The third kappa shape index (κ3) is 5.75. The van der Waals surface area contributed by atoms with Crippen molar-refractivity contribution >= 4 is 17.6 Å². The van der Waals surface area contributed by atoms with Gasteiger partial charge in [-0.1, -0.05) is 48.8 Å². The fourth-order valence-electron chi connectivity index (χ4n) is 2.86. The maximum Gasteiger partial charge on any atom is 0.191 e. The summed E-state index contributed by atoms with van der Waals surface area (Å²) in [6.45, 7) is 10.2. The molecule has 1 aromatic heterocycles. The van der Waals surface area contributed by atoms with Crippen molar-refractivity contribution in [1.29, 1.82) is 0 Å². The molecular formula is C19H28ClN5O.